The lowest BCUT2D eigenvalue weighted by atomic mass is 10.1. The van der Waals surface area contributed by atoms with Crippen molar-refractivity contribution < 1.29 is 14.3 Å². The van der Waals surface area contributed by atoms with Crippen LogP contribution in [0.5, 0.6) is 11.6 Å². The van der Waals surface area contributed by atoms with E-state index >= 15 is 0 Å². The Morgan fingerprint density at radius 3 is 2.62 bits per heavy atom. The van der Waals surface area contributed by atoms with Crippen LogP contribution in [-0.4, -0.2) is 33.4 Å². The lowest BCUT2D eigenvalue weighted by Gasteiger charge is -2.30. The molecule has 166 valence electrons. The first-order valence-corrected chi connectivity index (χ1v) is 11.8. The molecule has 0 aliphatic carbocycles. The zero-order valence-corrected chi connectivity index (χ0v) is 19.3. The molecule has 0 unspecified atom stereocenters. The van der Waals surface area contributed by atoms with Gasteiger partial charge in [0.15, 0.2) is 5.69 Å². The summed E-state index contributed by atoms with van der Waals surface area (Å²) in [5, 5.41) is 9.18. The quantitative estimate of drug-likeness (QED) is 0.358. The van der Waals surface area contributed by atoms with E-state index in [1.54, 1.807) is 4.90 Å². The van der Waals surface area contributed by atoms with Gasteiger partial charge < -0.3 is 9.47 Å². The van der Waals surface area contributed by atoms with Gasteiger partial charge in [0, 0.05) is 18.1 Å². The molecule has 1 atom stereocenters. The van der Waals surface area contributed by atoms with Crippen molar-refractivity contribution in [3.63, 3.8) is 0 Å². The number of anilines is 1. The number of hydrogen-bond acceptors (Lipinski definition) is 7. The zero-order valence-electron chi connectivity index (χ0n) is 18.4. The number of hydrogen-bond donors (Lipinski definition) is 0. The van der Waals surface area contributed by atoms with Crippen LogP contribution >= 0.6 is 11.8 Å². The van der Waals surface area contributed by atoms with Crippen molar-refractivity contribution in [3.05, 3.63) is 54.1 Å². The van der Waals surface area contributed by atoms with Gasteiger partial charge in [-0.2, -0.15) is 4.98 Å². The standard InChI is InChI=1S/C24H26N4O3S/c1-4-6-15-30-18-13-11-17(12-14-18)23-28(16(3)29)20-10-8-7-9-19(20)21-22(31-23)25-24(27-26-21)32-5-2/h7-14,23H,4-6,15H2,1-3H3/t23-/m1/s1. The predicted molar refractivity (Wildman–Crippen MR) is 125 cm³/mol. The second-order valence-electron chi connectivity index (χ2n) is 7.33. The summed E-state index contributed by atoms with van der Waals surface area (Å²) < 4.78 is 12.2. The van der Waals surface area contributed by atoms with Gasteiger partial charge in [0.2, 0.25) is 23.2 Å². The van der Waals surface area contributed by atoms with Crippen LogP contribution in [0.3, 0.4) is 0 Å². The molecule has 1 aliphatic heterocycles. The zero-order chi connectivity index (χ0) is 22.5. The monoisotopic (exact) mass is 450 g/mol. The fourth-order valence-corrected chi connectivity index (χ4v) is 4.03. The van der Waals surface area contributed by atoms with Gasteiger partial charge in [-0.25, -0.2) is 0 Å². The van der Waals surface area contributed by atoms with E-state index in [4.69, 9.17) is 9.47 Å². The van der Waals surface area contributed by atoms with Crippen LogP contribution in [0.4, 0.5) is 5.69 Å². The van der Waals surface area contributed by atoms with Gasteiger partial charge in [0.1, 0.15) is 5.75 Å². The van der Waals surface area contributed by atoms with E-state index in [0.29, 0.717) is 29.0 Å². The summed E-state index contributed by atoms with van der Waals surface area (Å²) >= 11 is 1.49. The van der Waals surface area contributed by atoms with Crippen molar-refractivity contribution in [2.45, 2.75) is 45.0 Å². The van der Waals surface area contributed by atoms with Gasteiger partial charge >= 0.3 is 0 Å². The number of carbonyl (C=O) groups is 1. The molecule has 1 aromatic heterocycles. The third-order valence-corrected chi connectivity index (χ3v) is 5.78. The van der Waals surface area contributed by atoms with Crippen LogP contribution in [0.2, 0.25) is 0 Å². The summed E-state index contributed by atoms with van der Waals surface area (Å²) in [6, 6.07) is 15.2. The highest BCUT2D eigenvalue weighted by Crippen LogP contribution is 2.43. The first-order chi connectivity index (χ1) is 15.6. The second kappa shape index (κ2) is 9.99. The molecule has 3 aromatic rings. The molecule has 0 saturated heterocycles. The number of carbonyl (C=O) groups excluding carboxylic acids is 1. The molecule has 1 aliphatic rings. The van der Waals surface area contributed by atoms with Crippen molar-refractivity contribution in [2.75, 3.05) is 17.3 Å². The highest BCUT2D eigenvalue weighted by atomic mass is 32.2. The van der Waals surface area contributed by atoms with Crippen LogP contribution in [0.25, 0.3) is 11.3 Å². The van der Waals surface area contributed by atoms with Gasteiger partial charge in [-0.15, -0.1) is 10.2 Å². The highest BCUT2D eigenvalue weighted by Gasteiger charge is 2.34. The van der Waals surface area contributed by atoms with E-state index in [2.05, 4.69) is 22.1 Å². The molecule has 4 rings (SSSR count). The molecule has 2 heterocycles. The molecule has 0 radical (unpaired) electrons. The lowest BCUT2D eigenvalue weighted by Crippen LogP contribution is -2.36. The SMILES string of the molecule is CCCCOc1ccc([C@H]2Oc3nc(SCC)nnc3-c3ccccc3N2C(C)=O)cc1. The van der Waals surface area contributed by atoms with Crippen LogP contribution in [0.15, 0.2) is 53.7 Å². The summed E-state index contributed by atoms with van der Waals surface area (Å²) in [7, 11) is 0. The normalized spacial score (nSPS) is 14.7. The van der Waals surface area contributed by atoms with Crippen molar-refractivity contribution in [1.82, 2.24) is 15.2 Å². The van der Waals surface area contributed by atoms with E-state index in [1.807, 2.05) is 55.5 Å². The van der Waals surface area contributed by atoms with Gasteiger partial charge in [-0.1, -0.05) is 50.2 Å². The van der Waals surface area contributed by atoms with E-state index in [-0.39, 0.29) is 5.91 Å². The van der Waals surface area contributed by atoms with E-state index in [9.17, 15) is 4.79 Å². The van der Waals surface area contributed by atoms with Crippen LogP contribution < -0.4 is 14.4 Å². The third kappa shape index (κ3) is 4.55. The fraction of sp³-hybridized carbons (Fsp3) is 0.333. The minimum absolute atomic E-state index is 0.144. The largest absolute Gasteiger partial charge is 0.494 e. The first-order valence-electron chi connectivity index (χ1n) is 10.8. The number of rotatable bonds is 7. The molecule has 0 saturated carbocycles. The summed E-state index contributed by atoms with van der Waals surface area (Å²) in [6.45, 7) is 6.37. The summed E-state index contributed by atoms with van der Waals surface area (Å²) in [5.41, 5.74) is 2.80. The molecule has 8 heteroatoms. The average Bonchev–Trinajstić information content (AvgIpc) is 2.94. The van der Waals surface area contributed by atoms with Crippen molar-refractivity contribution >= 4 is 23.4 Å². The van der Waals surface area contributed by atoms with Crippen molar-refractivity contribution in [2.24, 2.45) is 0 Å². The minimum atomic E-state index is -0.698. The van der Waals surface area contributed by atoms with E-state index in [0.717, 1.165) is 35.5 Å². The molecule has 2 aromatic carbocycles. The number of fused-ring (bicyclic) bond motifs is 3. The minimum Gasteiger partial charge on any atom is -0.494 e. The maximum absolute atomic E-state index is 12.8. The van der Waals surface area contributed by atoms with Gasteiger partial charge in [-0.05, 0) is 42.5 Å². The van der Waals surface area contributed by atoms with Crippen LogP contribution in [-0.2, 0) is 4.79 Å². The maximum Gasteiger partial charge on any atom is 0.247 e. The molecule has 32 heavy (non-hydrogen) atoms. The Bertz CT molecular complexity index is 1090. The Morgan fingerprint density at radius 2 is 1.91 bits per heavy atom. The topological polar surface area (TPSA) is 77.4 Å². The number of para-hydroxylation sites is 1. The average molecular weight is 451 g/mol. The third-order valence-electron chi connectivity index (χ3n) is 5.06. The molecule has 7 nitrogen and oxygen atoms in total. The lowest BCUT2D eigenvalue weighted by molar-refractivity contribution is -0.118. The second-order valence-corrected chi connectivity index (χ2v) is 8.56. The first kappa shape index (κ1) is 22.1. The Hall–Kier alpha value is -3.13. The fourth-order valence-electron chi connectivity index (χ4n) is 3.52. The van der Waals surface area contributed by atoms with Crippen molar-refractivity contribution in [3.8, 4) is 22.9 Å². The highest BCUT2D eigenvalue weighted by molar-refractivity contribution is 7.99. The Labute approximate surface area is 192 Å². The number of thioether (sulfide) groups is 1. The van der Waals surface area contributed by atoms with E-state index < -0.39 is 6.23 Å². The number of benzene rings is 2. The summed E-state index contributed by atoms with van der Waals surface area (Å²) in [5.74, 6) is 1.83. The molecule has 1 amide bonds. The Kier molecular flexibility index (Phi) is 6.90. The number of aromatic nitrogens is 3. The maximum atomic E-state index is 12.8. The van der Waals surface area contributed by atoms with Crippen LogP contribution in [0, 0.1) is 0 Å². The molecule has 0 fully saturated rings. The van der Waals surface area contributed by atoms with Gasteiger partial charge in [-0.3, -0.25) is 9.69 Å². The molecular weight excluding hydrogens is 424 g/mol. The van der Waals surface area contributed by atoms with Crippen molar-refractivity contribution in [1.29, 1.82) is 0 Å². The number of ether oxygens (including phenoxy) is 2. The molecule has 0 bridgehead atoms. The Morgan fingerprint density at radius 1 is 1.12 bits per heavy atom. The molecular formula is C24H26N4O3S. The van der Waals surface area contributed by atoms with Crippen LogP contribution in [0.1, 0.15) is 45.4 Å². The van der Waals surface area contributed by atoms with Gasteiger partial charge in [0.05, 0.1) is 12.3 Å². The molecule has 0 spiro atoms. The Balaban J connectivity index is 1.78. The predicted octanol–water partition coefficient (Wildman–Crippen LogP) is 5.27. The number of amides is 1. The summed E-state index contributed by atoms with van der Waals surface area (Å²) in [4.78, 5) is 19.1. The smallest absolute Gasteiger partial charge is 0.247 e. The number of nitrogens with zero attached hydrogens (tertiary/aromatic N) is 4. The summed E-state index contributed by atoms with van der Waals surface area (Å²) in [6.07, 6.45) is 1.38. The van der Waals surface area contributed by atoms with E-state index in [1.165, 1.54) is 18.7 Å². The molecule has 0 N–H and O–H groups in total. The van der Waals surface area contributed by atoms with Gasteiger partial charge in [0.25, 0.3) is 0 Å². The number of unbranched alkanes of at least 4 members (excludes halogenated alkanes) is 1.